The van der Waals surface area contributed by atoms with E-state index in [1.54, 1.807) is 14.2 Å². The van der Waals surface area contributed by atoms with Gasteiger partial charge in [0.2, 0.25) is 5.75 Å². The van der Waals surface area contributed by atoms with E-state index in [0.29, 0.717) is 12.4 Å². The van der Waals surface area contributed by atoms with E-state index in [2.05, 4.69) is 4.90 Å². The fraction of sp³-hybridized carbons (Fsp3) is 0.600. The topological polar surface area (TPSA) is 30.9 Å². The van der Waals surface area contributed by atoms with Crippen LogP contribution in [0.3, 0.4) is 0 Å². The molecule has 19 heavy (non-hydrogen) atoms. The van der Waals surface area contributed by atoms with Crippen molar-refractivity contribution in [3.8, 4) is 17.2 Å². The molecule has 0 saturated carbocycles. The van der Waals surface area contributed by atoms with Crippen molar-refractivity contribution in [3.05, 3.63) is 18.2 Å². The van der Waals surface area contributed by atoms with Gasteiger partial charge in [-0.05, 0) is 44.5 Å². The van der Waals surface area contributed by atoms with Crippen molar-refractivity contribution in [2.75, 3.05) is 40.5 Å². The molecule has 4 heteroatoms. The van der Waals surface area contributed by atoms with Crippen LogP contribution in [0.4, 0.5) is 0 Å². The first kappa shape index (κ1) is 14.0. The quantitative estimate of drug-likeness (QED) is 0.709. The normalized spacial score (nSPS) is 15.5. The highest BCUT2D eigenvalue weighted by Crippen LogP contribution is 2.36. The highest BCUT2D eigenvalue weighted by molar-refractivity contribution is 5.51. The lowest BCUT2D eigenvalue weighted by atomic mass is 10.3. The average molecular weight is 265 g/mol. The maximum absolute atomic E-state index is 5.83. The zero-order valence-corrected chi connectivity index (χ0v) is 11.9. The fourth-order valence-corrected chi connectivity index (χ4v) is 2.43. The molecule has 4 nitrogen and oxygen atoms in total. The van der Waals surface area contributed by atoms with E-state index in [0.717, 1.165) is 24.5 Å². The Bertz CT molecular complexity index is 367. The molecule has 106 valence electrons. The average Bonchev–Trinajstić information content (AvgIpc) is 2.96. The van der Waals surface area contributed by atoms with E-state index in [1.165, 1.54) is 25.9 Å². The van der Waals surface area contributed by atoms with Crippen LogP contribution in [0.25, 0.3) is 0 Å². The molecule has 0 N–H and O–H groups in total. The van der Waals surface area contributed by atoms with Gasteiger partial charge in [0.05, 0.1) is 20.8 Å². The Morgan fingerprint density at radius 3 is 2.26 bits per heavy atom. The minimum atomic E-state index is 0.688. The third-order valence-electron chi connectivity index (χ3n) is 3.45. The van der Waals surface area contributed by atoms with Crippen LogP contribution in [-0.4, -0.2) is 45.4 Å². The maximum Gasteiger partial charge on any atom is 0.203 e. The molecule has 0 spiro atoms. The molecule has 2 rings (SSSR count). The summed E-state index contributed by atoms with van der Waals surface area (Å²) in [5, 5.41) is 0. The van der Waals surface area contributed by atoms with Crippen molar-refractivity contribution in [1.29, 1.82) is 0 Å². The van der Waals surface area contributed by atoms with E-state index >= 15 is 0 Å². The second-order valence-corrected chi connectivity index (χ2v) is 4.74. The van der Waals surface area contributed by atoms with Gasteiger partial charge in [0.25, 0.3) is 0 Å². The SMILES string of the molecule is COc1cccc(OC)c1OCCCN1CCCC1. The third kappa shape index (κ3) is 3.77. The van der Waals surface area contributed by atoms with E-state index in [9.17, 15) is 0 Å². The molecule has 0 aromatic heterocycles. The van der Waals surface area contributed by atoms with Gasteiger partial charge in [-0.1, -0.05) is 6.07 Å². The summed E-state index contributed by atoms with van der Waals surface area (Å²) < 4.78 is 16.4. The second kappa shape index (κ2) is 7.24. The highest BCUT2D eigenvalue weighted by atomic mass is 16.5. The molecule has 0 radical (unpaired) electrons. The standard InChI is InChI=1S/C15H23NO3/c1-17-13-7-5-8-14(18-2)15(13)19-12-6-11-16-9-3-4-10-16/h5,7-8H,3-4,6,9-12H2,1-2H3. The molecule has 0 amide bonds. The van der Waals surface area contributed by atoms with Crippen molar-refractivity contribution < 1.29 is 14.2 Å². The summed E-state index contributed by atoms with van der Waals surface area (Å²) in [7, 11) is 3.29. The lowest BCUT2D eigenvalue weighted by Crippen LogP contribution is -2.22. The Balaban J connectivity index is 1.83. The fourth-order valence-electron chi connectivity index (χ4n) is 2.43. The van der Waals surface area contributed by atoms with Crippen molar-refractivity contribution in [3.63, 3.8) is 0 Å². The summed E-state index contributed by atoms with van der Waals surface area (Å²) in [6.07, 6.45) is 3.70. The van der Waals surface area contributed by atoms with E-state index in [4.69, 9.17) is 14.2 Å². The summed E-state index contributed by atoms with van der Waals surface area (Å²) >= 11 is 0. The van der Waals surface area contributed by atoms with Gasteiger partial charge in [0.15, 0.2) is 11.5 Å². The van der Waals surface area contributed by atoms with Gasteiger partial charge < -0.3 is 19.1 Å². The Hall–Kier alpha value is -1.42. The lowest BCUT2D eigenvalue weighted by molar-refractivity contribution is 0.244. The molecule has 0 bridgehead atoms. The van der Waals surface area contributed by atoms with Crippen molar-refractivity contribution in [2.24, 2.45) is 0 Å². The van der Waals surface area contributed by atoms with Gasteiger partial charge in [0, 0.05) is 6.54 Å². The zero-order valence-electron chi connectivity index (χ0n) is 11.9. The minimum absolute atomic E-state index is 0.688. The Morgan fingerprint density at radius 1 is 1.05 bits per heavy atom. The zero-order chi connectivity index (χ0) is 13.5. The van der Waals surface area contributed by atoms with Gasteiger partial charge in [-0.2, -0.15) is 0 Å². The van der Waals surface area contributed by atoms with Crippen LogP contribution in [0.2, 0.25) is 0 Å². The molecule has 1 fully saturated rings. The minimum Gasteiger partial charge on any atom is -0.493 e. The first-order valence-electron chi connectivity index (χ1n) is 6.91. The Morgan fingerprint density at radius 2 is 1.68 bits per heavy atom. The van der Waals surface area contributed by atoms with E-state index in [-0.39, 0.29) is 0 Å². The van der Waals surface area contributed by atoms with Crippen molar-refractivity contribution in [1.82, 2.24) is 4.90 Å². The smallest absolute Gasteiger partial charge is 0.203 e. The predicted molar refractivity (Wildman–Crippen MR) is 75.3 cm³/mol. The Kier molecular flexibility index (Phi) is 5.33. The molecular weight excluding hydrogens is 242 g/mol. The molecule has 1 saturated heterocycles. The first-order chi connectivity index (χ1) is 9.35. The summed E-state index contributed by atoms with van der Waals surface area (Å²) in [6, 6.07) is 5.67. The van der Waals surface area contributed by atoms with Gasteiger partial charge in [-0.3, -0.25) is 0 Å². The number of nitrogens with zero attached hydrogens (tertiary/aromatic N) is 1. The largest absolute Gasteiger partial charge is 0.493 e. The summed E-state index contributed by atoms with van der Waals surface area (Å²) in [5.74, 6) is 2.15. The first-order valence-corrected chi connectivity index (χ1v) is 6.91. The van der Waals surface area contributed by atoms with Crippen LogP contribution in [0.1, 0.15) is 19.3 Å². The number of para-hydroxylation sites is 1. The van der Waals surface area contributed by atoms with Crippen LogP contribution in [0.15, 0.2) is 18.2 Å². The summed E-state index contributed by atoms with van der Waals surface area (Å²) in [4.78, 5) is 2.49. The number of rotatable bonds is 7. The van der Waals surface area contributed by atoms with E-state index < -0.39 is 0 Å². The molecule has 1 aliphatic heterocycles. The van der Waals surface area contributed by atoms with Gasteiger partial charge in [-0.15, -0.1) is 0 Å². The summed E-state index contributed by atoms with van der Waals surface area (Å²) in [5.41, 5.74) is 0. The van der Waals surface area contributed by atoms with Crippen LogP contribution in [-0.2, 0) is 0 Å². The van der Waals surface area contributed by atoms with E-state index in [1.807, 2.05) is 18.2 Å². The number of methoxy groups -OCH3 is 2. The molecule has 0 aliphatic carbocycles. The van der Waals surface area contributed by atoms with Crippen molar-refractivity contribution in [2.45, 2.75) is 19.3 Å². The Labute approximate surface area is 115 Å². The molecule has 1 aromatic carbocycles. The van der Waals surface area contributed by atoms with Gasteiger partial charge >= 0.3 is 0 Å². The number of benzene rings is 1. The molecule has 1 aliphatic rings. The molecular formula is C15H23NO3. The highest BCUT2D eigenvalue weighted by Gasteiger charge is 2.13. The van der Waals surface area contributed by atoms with Crippen LogP contribution in [0, 0.1) is 0 Å². The number of hydrogen-bond donors (Lipinski definition) is 0. The molecule has 1 heterocycles. The number of likely N-dealkylation sites (tertiary alicyclic amines) is 1. The van der Waals surface area contributed by atoms with Gasteiger partial charge in [0.1, 0.15) is 0 Å². The second-order valence-electron chi connectivity index (χ2n) is 4.74. The molecule has 0 atom stereocenters. The lowest BCUT2D eigenvalue weighted by Gasteiger charge is -2.16. The van der Waals surface area contributed by atoms with Crippen LogP contribution in [0.5, 0.6) is 17.2 Å². The predicted octanol–water partition coefficient (Wildman–Crippen LogP) is 2.57. The number of hydrogen-bond acceptors (Lipinski definition) is 4. The number of ether oxygens (including phenoxy) is 3. The van der Waals surface area contributed by atoms with Crippen molar-refractivity contribution >= 4 is 0 Å². The molecule has 1 aromatic rings. The van der Waals surface area contributed by atoms with Crippen LogP contribution >= 0.6 is 0 Å². The monoisotopic (exact) mass is 265 g/mol. The van der Waals surface area contributed by atoms with Gasteiger partial charge in [-0.25, -0.2) is 0 Å². The van der Waals surface area contributed by atoms with Crippen LogP contribution < -0.4 is 14.2 Å². The summed E-state index contributed by atoms with van der Waals surface area (Å²) in [6.45, 7) is 4.26. The third-order valence-corrected chi connectivity index (χ3v) is 3.45. The molecule has 0 unspecified atom stereocenters. The maximum atomic E-state index is 5.83.